The van der Waals surface area contributed by atoms with Crippen molar-refractivity contribution in [2.45, 2.75) is 65.2 Å². The van der Waals surface area contributed by atoms with Crippen LogP contribution in [0.4, 0.5) is 0 Å². The normalized spacial score (nSPS) is 17.5. The Morgan fingerprint density at radius 3 is 2.27 bits per heavy atom. The fraction of sp³-hybridized carbons (Fsp3) is 0.786. The van der Waals surface area contributed by atoms with Gasteiger partial charge in [-0.05, 0) is 24.8 Å². The van der Waals surface area contributed by atoms with Gasteiger partial charge in [0.2, 0.25) is 0 Å². The summed E-state index contributed by atoms with van der Waals surface area (Å²) in [5, 5.41) is 0. The van der Waals surface area contributed by atoms with Crippen molar-refractivity contribution in [1.29, 1.82) is 0 Å². The highest BCUT2D eigenvalue weighted by molar-refractivity contribution is 5.90. The lowest BCUT2D eigenvalue weighted by Crippen LogP contribution is -2.10. The number of carbonyl (C=O) groups excluding carboxylic acids is 1. The minimum Gasteiger partial charge on any atom is -0.295 e. The lowest BCUT2D eigenvalue weighted by molar-refractivity contribution is -0.115. The van der Waals surface area contributed by atoms with Crippen LogP contribution in [0, 0.1) is 5.92 Å². The molecular formula is C14H24O. The molecule has 0 aromatic heterocycles. The van der Waals surface area contributed by atoms with Gasteiger partial charge in [0.1, 0.15) is 0 Å². The maximum Gasteiger partial charge on any atom is 0.155 e. The lowest BCUT2D eigenvalue weighted by atomic mass is 9.85. The van der Waals surface area contributed by atoms with Crippen molar-refractivity contribution < 1.29 is 4.79 Å². The molecule has 0 unspecified atom stereocenters. The van der Waals surface area contributed by atoms with Crippen LogP contribution < -0.4 is 0 Å². The zero-order valence-corrected chi connectivity index (χ0v) is 10.2. The largest absolute Gasteiger partial charge is 0.295 e. The second-order valence-electron chi connectivity index (χ2n) is 4.68. The molecule has 1 saturated carbocycles. The average Bonchev–Trinajstić information content (AvgIpc) is 2.27. The Kier molecular flexibility index (Phi) is 5.67. The average molecular weight is 208 g/mol. The highest BCUT2D eigenvalue weighted by Crippen LogP contribution is 2.26. The summed E-state index contributed by atoms with van der Waals surface area (Å²) in [5.74, 6) is 1.04. The number of hydrogen-bond donors (Lipinski definition) is 0. The Morgan fingerprint density at radius 1 is 1.13 bits per heavy atom. The summed E-state index contributed by atoms with van der Waals surface area (Å²) in [6, 6.07) is 0. The Balaban J connectivity index is 2.36. The van der Waals surface area contributed by atoms with Crippen molar-refractivity contribution in [3.63, 3.8) is 0 Å². The number of carbonyl (C=O) groups is 1. The zero-order chi connectivity index (χ0) is 11.1. The molecule has 0 N–H and O–H groups in total. The summed E-state index contributed by atoms with van der Waals surface area (Å²) >= 11 is 0. The van der Waals surface area contributed by atoms with Gasteiger partial charge in [-0.3, -0.25) is 4.79 Å². The molecule has 1 nitrogen and oxygen atoms in total. The van der Waals surface area contributed by atoms with Crippen LogP contribution in [0.25, 0.3) is 0 Å². The first-order valence-corrected chi connectivity index (χ1v) is 6.48. The Labute approximate surface area is 93.9 Å². The number of hydrogen-bond acceptors (Lipinski definition) is 1. The van der Waals surface area contributed by atoms with Gasteiger partial charge in [0.15, 0.2) is 5.78 Å². The third-order valence-corrected chi connectivity index (χ3v) is 3.49. The molecule has 86 valence electrons. The topological polar surface area (TPSA) is 17.1 Å². The van der Waals surface area contributed by atoms with Crippen molar-refractivity contribution in [2.24, 2.45) is 5.92 Å². The van der Waals surface area contributed by atoms with E-state index in [2.05, 4.69) is 13.8 Å². The van der Waals surface area contributed by atoms with Gasteiger partial charge in [-0.2, -0.15) is 0 Å². The second-order valence-corrected chi connectivity index (χ2v) is 4.68. The third kappa shape index (κ3) is 4.63. The van der Waals surface area contributed by atoms with Gasteiger partial charge in [-0.25, -0.2) is 0 Å². The van der Waals surface area contributed by atoms with Crippen LogP contribution in [0.1, 0.15) is 65.2 Å². The molecule has 1 heteroatoms. The van der Waals surface area contributed by atoms with Crippen LogP contribution in [0.3, 0.4) is 0 Å². The van der Waals surface area contributed by atoms with Gasteiger partial charge in [-0.1, -0.05) is 51.5 Å². The summed E-state index contributed by atoms with van der Waals surface area (Å²) in [4.78, 5) is 11.8. The molecule has 1 fully saturated rings. The Morgan fingerprint density at radius 2 is 1.73 bits per heavy atom. The van der Waals surface area contributed by atoms with Crippen molar-refractivity contribution in [3.05, 3.63) is 11.6 Å². The van der Waals surface area contributed by atoms with Gasteiger partial charge < -0.3 is 0 Å². The van der Waals surface area contributed by atoms with Crippen LogP contribution in [-0.4, -0.2) is 5.78 Å². The predicted octanol–water partition coefficient (Wildman–Crippen LogP) is 4.27. The first-order valence-electron chi connectivity index (χ1n) is 6.48. The summed E-state index contributed by atoms with van der Waals surface area (Å²) in [6.07, 6.45) is 11.3. The number of ketones is 1. The minimum atomic E-state index is 0.362. The van der Waals surface area contributed by atoms with Crippen molar-refractivity contribution in [3.8, 4) is 0 Å². The molecule has 1 aliphatic rings. The van der Waals surface area contributed by atoms with E-state index in [9.17, 15) is 4.79 Å². The minimum absolute atomic E-state index is 0.362. The van der Waals surface area contributed by atoms with E-state index >= 15 is 0 Å². The maximum absolute atomic E-state index is 11.8. The van der Waals surface area contributed by atoms with E-state index in [1.807, 2.05) is 6.08 Å². The molecule has 1 aliphatic carbocycles. The quantitative estimate of drug-likeness (QED) is 0.616. The molecule has 1 rings (SSSR count). The zero-order valence-electron chi connectivity index (χ0n) is 10.2. The van der Waals surface area contributed by atoms with E-state index < -0.39 is 0 Å². The summed E-state index contributed by atoms with van der Waals surface area (Å²) in [5.41, 5.74) is 1.30. The van der Waals surface area contributed by atoms with E-state index in [-0.39, 0.29) is 0 Å². The summed E-state index contributed by atoms with van der Waals surface area (Å²) in [7, 11) is 0. The maximum atomic E-state index is 11.8. The van der Waals surface area contributed by atoms with Gasteiger partial charge in [0.05, 0.1) is 0 Å². The molecule has 0 amide bonds. The Hall–Kier alpha value is -0.590. The van der Waals surface area contributed by atoms with E-state index in [1.165, 1.54) is 37.7 Å². The molecular weight excluding hydrogens is 184 g/mol. The van der Waals surface area contributed by atoms with Gasteiger partial charge in [0.25, 0.3) is 0 Å². The fourth-order valence-electron chi connectivity index (χ4n) is 2.42. The number of rotatable bonds is 5. The first-order chi connectivity index (χ1) is 7.26. The van der Waals surface area contributed by atoms with Crippen LogP contribution in [0.15, 0.2) is 11.6 Å². The smallest absolute Gasteiger partial charge is 0.155 e. The monoisotopic (exact) mass is 208 g/mol. The third-order valence-electron chi connectivity index (χ3n) is 3.49. The molecule has 0 aromatic carbocycles. The van der Waals surface area contributed by atoms with Crippen molar-refractivity contribution in [2.75, 3.05) is 0 Å². The van der Waals surface area contributed by atoms with E-state index in [0.717, 1.165) is 19.3 Å². The van der Waals surface area contributed by atoms with Crippen molar-refractivity contribution >= 4 is 5.78 Å². The lowest BCUT2D eigenvalue weighted by Gasteiger charge is -2.20. The Bertz CT molecular complexity index is 215. The molecule has 0 atom stereocenters. The standard InChI is InChI=1S/C14H24O/c1-3-12(4-2)10-14(15)11-13-8-6-5-7-9-13/h10,13H,3-9,11H2,1-2H3. The van der Waals surface area contributed by atoms with Crippen LogP contribution >= 0.6 is 0 Å². The van der Waals surface area contributed by atoms with Gasteiger partial charge in [-0.15, -0.1) is 0 Å². The number of allylic oxidation sites excluding steroid dienone is 2. The van der Waals surface area contributed by atoms with E-state index in [1.54, 1.807) is 0 Å². The van der Waals surface area contributed by atoms with Crippen LogP contribution in [-0.2, 0) is 4.79 Å². The first kappa shape index (κ1) is 12.5. The second kappa shape index (κ2) is 6.81. The van der Waals surface area contributed by atoms with E-state index in [0.29, 0.717) is 11.7 Å². The highest BCUT2D eigenvalue weighted by atomic mass is 16.1. The molecule has 0 saturated heterocycles. The molecule has 0 aromatic rings. The van der Waals surface area contributed by atoms with Crippen LogP contribution in [0.2, 0.25) is 0 Å². The molecule has 0 radical (unpaired) electrons. The molecule has 0 bridgehead atoms. The highest BCUT2D eigenvalue weighted by Gasteiger charge is 2.15. The molecule has 0 aliphatic heterocycles. The van der Waals surface area contributed by atoms with E-state index in [4.69, 9.17) is 0 Å². The summed E-state index contributed by atoms with van der Waals surface area (Å²) in [6.45, 7) is 4.26. The summed E-state index contributed by atoms with van der Waals surface area (Å²) < 4.78 is 0. The molecule has 0 heterocycles. The fourth-order valence-corrected chi connectivity index (χ4v) is 2.42. The van der Waals surface area contributed by atoms with Gasteiger partial charge in [0, 0.05) is 6.42 Å². The molecule has 0 spiro atoms. The van der Waals surface area contributed by atoms with Crippen molar-refractivity contribution in [1.82, 2.24) is 0 Å². The van der Waals surface area contributed by atoms with Crippen LogP contribution in [0.5, 0.6) is 0 Å². The molecule has 15 heavy (non-hydrogen) atoms. The predicted molar refractivity (Wildman–Crippen MR) is 64.9 cm³/mol. The van der Waals surface area contributed by atoms with Gasteiger partial charge >= 0.3 is 0 Å². The SMILES string of the molecule is CCC(=CC(=O)CC1CCCCC1)CC.